The molecule has 0 aliphatic carbocycles. The van der Waals surface area contributed by atoms with Gasteiger partial charge < -0.3 is 9.05 Å². The fourth-order valence-corrected chi connectivity index (χ4v) is 3.81. The highest BCUT2D eigenvalue weighted by Gasteiger charge is 2.10. The lowest BCUT2D eigenvalue weighted by Crippen LogP contribution is -2.08. The Morgan fingerprint density at radius 2 is 1.88 bits per heavy atom. The first-order valence-corrected chi connectivity index (χ1v) is 10.3. The third kappa shape index (κ3) is 9.91. The van der Waals surface area contributed by atoms with Crippen LogP contribution in [0.25, 0.3) is 0 Å². The van der Waals surface area contributed by atoms with Gasteiger partial charge in [0.25, 0.3) is 0 Å². The second kappa shape index (κ2) is 9.72. The van der Waals surface area contributed by atoms with E-state index in [0.717, 1.165) is 25.0 Å². The first-order valence-electron chi connectivity index (χ1n) is 5.73. The molecule has 0 aliphatic rings. The van der Waals surface area contributed by atoms with Crippen LogP contribution in [0.4, 0.5) is 0 Å². The Hall–Kier alpha value is 0.720. The van der Waals surface area contributed by atoms with Crippen molar-refractivity contribution in [3.05, 3.63) is 0 Å². The molecule has 0 saturated heterocycles. The zero-order valence-electron chi connectivity index (χ0n) is 10.4. The zero-order valence-corrected chi connectivity index (χ0v) is 13.0. The standard InChI is InChI=1S/C10H23O3PS2/c1-4-6-7-9-16(11)10-8-13-14(3,15)12-5-2/h4-10H2,1-3H3/t14?,16-/m0/s1. The molecule has 6 heteroatoms. The molecule has 0 bridgehead atoms. The molecule has 0 fully saturated rings. The van der Waals surface area contributed by atoms with Crippen molar-refractivity contribution in [1.82, 2.24) is 0 Å². The minimum Gasteiger partial charge on any atom is -0.330 e. The van der Waals surface area contributed by atoms with Crippen LogP contribution in [-0.4, -0.2) is 35.6 Å². The second-order valence-electron chi connectivity index (χ2n) is 3.58. The van der Waals surface area contributed by atoms with E-state index in [0.29, 0.717) is 19.0 Å². The Morgan fingerprint density at radius 1 is 1.19 bits per heavy atom. The van der Waals surface area contributed by atoms with Gasteiger partial charge in [0, 0.05) is 29.0 Å². The molecular formula is C10H23O3PS2. The number of rotatable bonds is 10. The highest BCUT2D eigenvalue weighted by atomic mass is 32.5. The van der Waals surface area contributed by atoms with Crippen LogP contribution >= 0.6 is 6.49 Å². The summed E-state index contributed by atoms with van der Waals surface area (Å²) in [6, 6.07) is 0. The lowest BCUT2D eigenvalue weighted by atomic mass is 10.3. The van der Waals surface area contributed by atoms with Crippen molar-refractivity contribution in [2.45, 2.75) is 33.1 Å². The summed E-state index contributed by atoms with van der Waals surface area (Å²) in [6.45, 7) is 4.80. The normalized spacial score (nSPS) is 16.9. The summed E-state index contributed by atoms with van der Waals surface area (Å²) in [7, 11) is -0.769. The van der Waals surface area contributed by atoms with Gasteiger partial charge >= 0.3 is 0 Å². The van der Waals surface area contributed by atoms with Crippen LogP contribution in [0.1, 0.15) is 33.1 Å². The lowest BCUT2D eigenvalue weighted by Gasteiger charge is -2.16. The van der Waals surface area contributed by atoms with Gasteiger partial charge in [0.05, 0.1) is 13.2 Å². The quantitative estimate of drug-likeness (QED) is 0.457. The number of hydrogen-bond donors (Lipinski definition) is 0. The molecule has 2 atom stereocenters. The SMILES string of the molecule is CCCCC[S@](=O)CCOP(C)(=S)OCC. The zero-order chi connectivity index (χ0) is 12.4. The molecule has 1 unspecified atom stereocenters. The third-order valence-corrected chi connectivity index (χ3v) is 5.35. The van der Waals surface area contributed by atoms with E-state index in [9.17, 15) is 4.21 Å². The van der Waals surface area contributed by atoms with Gasteiger partial charge in [0.1, 0.15) is 0 Å². The minimum absolute atomic E-state index is 0.451. The summed E-state index contributed by atoms with van der Waals surface area (Å²) < 4.78 is 22.3. The summed E-state index contributed by atoms with van der Waals surface area (Å²) >= 11 is 5.17. The van der Waals surface area contributed by atoms with E-state index in [1.54, 1.807) is 0 Å². The molecule has 0 aromatic heterocycles. The molecule has 0 aliphatic heterocycles. The summed E-state index contributed by atoms with van der Waals surface area (Å²) in [5.74, 6) is 1.35. The van der Waals surface area contributed by atoms with Crippen LogP contribution in [-0.2, 0) is 31.7 Å². The topological polar surface area (TPSA) is 35.5 Å². The Balaban J connectivity index is 3.57. The number of hydrogen-bond acceptors (Lipinski definition) is 4. The molecular weight excluding hydrogens is 263 g/mol. The molecule has 0 N–H and O–H groups in total. The van der Waals surface area contributed by atoms with Gasteiger partial charge in [-0.05, 0) is 25.2 Å². The maximum absolute atomic E-state index is 11.5. The predicted molar refractivity (Wildman–Crippen MR) is 75.2 cm³/mol. The highest BCUT2D eigenvalue weighted by molar-refractivity contribution is 8.09. The van der Waals surface area contributed by atoms with Crippen molar-refractivity contribution in [3.8, 4) is 0 Å². The fraction of sp³-hybridized carbons (Fsp3) is 1.00. The molecule has 0 amide bonds. The third-order valence-electron chi connectivity index (χ3n) is 1.98. The van der Waals surface area contributed by atoms with Crippen LogP contribution in [0.3, 0.4) is 0 Å². The van der Waals surface area contributed by atoms with Crippen molar-refractivity contribution >= 4 is 29.1 Å². The van der Waals surface area contributed by atoms with Crippen LogP contribution in [0.15, 0.2) is 0 Å². The van der Waals surface area contributed by atoms with E-state index in [4.69, 9.17) is 20.9 Å². The average Bonchev–Trinajstić information content (AvgIpc) is 2.17. The second-order valence-corrected chi connectivity index (χ2v) is 9.32. The van der Waals surface area contributed by atoms with E-state index >= 15 is 0 Å². The smallest absolute Gasteiger partial charge is 0.185 e. The van der Waals surface area contributed by atoms with Gasteiger partial charge in [-0.2, -0.15) is 0 Å². The lowest BCUT2D eigenvalue weighted by molar-refractivity contribution is 0.272. The molecule has 3 nitrogen and oxygen atoms in total. The van der Waals surface area contributed by atoms with Crippen molar-refractivity contribution < 1.29 is 13.3 Å². The van der Waals surface area contributed by atoms with Crippen molar-refractivity contribution in [2.24, 2.45) is 0 Å². The van der Waals surface area contributed by atoms with Crippen LogP contribution < -0.4 is 0 Å². The van der Waals surface area contributed by atoms with Gasteiger partial charge in [0.2, 0.25) is 0 Å². The minimum atomic E-state index is -2.08. The molecule has 0 radical (unpaired) electrons. The molecule has 0 saturated carbocycles. The average molecular weight is 286 g/mol. The first kappa shape index (κ1) is 16.7. The van der Waals surface area contributed by atoms with E-state index in [1.165, 1.54) is 0 Å². The van der Waals surface area contributed by atoms with Crippen LogP contribution in [0.5, 0.6) is 0 Å². The molecule has 0 spiro atoms. The van der Waals surface area contributed by atoms with Crippen LogP contribution in [0, 0.1) is 0 Å². The largest absolute Gasteiger partial charge is 0.330 e. The monoisotopic (exact) mass is 286 g/mol. The molecule has 0 aromatic carbocycles. The summed E-state index contributed by atoms with van der Waals surface area (Å²) in [6.07, 6.45) is 3.35. The van der Waals surface area contributed by atoms with Crippen molar-refractivity contribution in [1.29, 1.82) is 0 Å². The maximum atomic E-state index is 11.5. The number of unbranched alkanes of at least 4 members (excludes halogenated alkanes) is 2. The van der Waals surface area contributed by atoms with E-state index in [2.05, 4.69) is 6.92 Å². The fourth-order valence-electron chi connectivity index (χ4n) is 1.18. The molecule has 98 valence electrons. The van der Waals surface area contributed by atoms with Crippen molar-refractivity contribution in [3.63, 3.8) is 0 Å². The first-order chi connectivity index (χ1) is 7.52. The predicted octanol–water partition coefficient (Wildman–Crippen LogP) is 2.92. The molecule has 16 heavy (non-hydrogen) atoms. The van der Waals surface area contributed by atoms with E-state index < -0.39 is 17.3 Å². The van der Waals surface area contributed by atoms with Gasteiger partial charge in [-0.1, -0.05) is 19.8 Å². The van der Waals surface area contributed by atoms with Gasteiger partial charge in [-0.3, -0.25) is 4.21 Å². The maximum Gasteiger partial charge on any atom is 0.185 e. The molecule has 0 rings (SSSR count). The molecule has 0 heterocycles. The Kier molecular flexibility index (Phi) is 10.2. The summed E-state index contributed by atoms with van der Waals surface area (Å²) in [5, 5.41) is 0. The molecule has 0 aromatic rings. The Morgan fingerprint density at radius 3 is 2.44 bits per heavy atom. The van der Waals surface area contributed by atoms with Crippen molar-refractivity contribution in [2.75, 3.05) is 31.4 Å². The highest BCUT2D eigenvalue weighted by Crippen LogP contribution is 2.43. The Labute approximate surface area is 107 Å². The van der Waals surface area contributed by atoms with Crippen LogP contribution in [0.2, 0.25) is 0 Å². The Bertz CT molecular complexity index is 246. The van der Waals surface area contributed by atoms with Gasteiger partial charge in [0.15, 0.2) is 6.49 Å². The summed E-state index contributed by atoms with van der Waals surface area (Å²) in [4.78, 5) is 0. The van der Waals surface area contributed by atoms with Gasteiger partial charge in [-0.25, -0.2) is 0 Å². The van der Waals surface area contributed by atoms with Gasteiger partial charge in [-0.15, -0.1) is 0 Å². The van der Waals surface area contributed by atoms with E-state index in [-0.39, 0.29) is 0 Å². The van der Waals surface area contributed by atoms with E-state index in [1.807, 2.05) is 13.6 Å². The summed E-state index contributed by atoms with van der Waals surface area (Å²) in [5.41, 5.74) is 0.